The molecular formula is C12H20FNO4. The average Bonchev–Trinajstić information content (AvgIpc) is 2.41. The molecule has 18 heavy (non-hydrogen) atoms. The first-order chi connectivity index (χ1) is 8.17. The van der Waals surface area contributed by atoms with Gasteiger partial charge >= 0.3 is 12.1 Å². The van der Waals surface area contributed by atoms with Crippen molar-refractivity contribution in [2.45, 2.75) is 64.5 Å². The van der Waals surface area contributed by atoms with Crippen LogP contribution in [-0.2, 0) is 14.3 Å². The van der Waals surface area contributed by atoms with Crippen LogP contribution < -0.4 is 5.32 Å². The lowest BCUT2D eigenvalue weighted by Gasteiger charge is -2.24. The van der Waals surface area contributed by atoms with Crippen molar-refractivity contribution in [3.63, 3.8) is 0 Å². The van der Waals surface area contributed by atoms with E-state index in [0.717, 1.165) is 0 Å². The number of ether oxygens (including phenoxy) is 2. The third-order valence-electron chi connectivity index (χ3n) is 2.47. The van der Waals surface area contributed by atoms with Crippen LogP contribution in [0.1, 0.15) is 40.5 Å². The number of halogens is 1. The van der Waals surface area contributed by atoms with Crippen molar-refractivity contribution < 1.29 is 23.5 Å². The Labute approximate surface area is 106 Å². The third kappa shape index (κ3) is 4.89. The molecule has 0 aromatic carbocycles. The van der Waals surface area contributed by atoms with Gasteiger partial charge in [0.15, 0.2) is 0 Å². The predicted octanol–water partition coefficient (Wildman–Crippen LogP) is 1.94. The van der Waals surface area contributed by atoms with Gasteiger partial charge in [0.05, 0.1) is 6.04 Å². The van der Waals surface area contributed by atoms with Crippen molar-refractivity contribution in [3.8, 4) is 0 Å². The van der Waals surface area contributed by atoms with Crippen LogP contribution in [0.15, 0.2) is 0 Å². The van der Waals surface area contributed by atoms with Crippen LogP contribution in [-0.4, -0.2) is 36.0 Å². The van der Waals surface area contributed by atoms with Crippen molar-refractivity contribution in [1.29, 1.82) is 0 Å². The first-order valence-corrected chi connectivity index (χ1v) is 5.98. The molecule has 1 amide bonds. The topological polar surface area (TPSA) is 64.6 Å². The Morgan fingerprint density at radius 3 is 2.39 bits per heavy atom. The van der Waals surface area contributed by atoms with Crippen LogP contribution >= 0.6 is 0 Å². The minimum absolute atomic E-state index is 0.111. The Bertz CT molecular complexity index is 327. The number of esters is 1. The molecule has 1 unspecified atom stereocenters. The second-order valence-electron chi connectivity index (χ2n) is 5.47. The summed E-state index contributed by atoms with van der Waals surface area (Å²) in [6.45, 7) is 6.48. The molecule has 1 rings (SSSR count). The quantitative estimate of drug-likeness (QED) is 0.771. The molecule has 0 saturated heterocycles. The van der Waals surface area contributed by atoms with Crippen LogP contribution in [0.5, 0.6) is 0 Å². The summed E-state index contributed by atoms with van der Waals surface area (Å²) in [5, 5.41) is 2.54. The van der Waals surface area contributed by atoms with Gasteiger partial charge in [-0.1, -0.05) is 0 Å². The maximum absolute atomic E-state index is 13.3. The van der Waals surface area contributed by atoms with E-state index in [1.54, 1.807) is 20.8 Å². The van der Waals surface area contributed by atoms with E-state index in [2.05, 4.69) is 5.32 Å². The number of carbonyl (C=O) groups is 2. The monoisotopic (exact) mass is 261 g/mol. The summed E-state index contributed by atoms with van der Waals surface area (Å²) < 4.78 is 23.3. The third-order valence-corrected chi connectivity index (χ3v) is 2.47. The maximum atomic E-state index is 13.3. The van der Waals surface area contributed by atoms with Crippen molar-refractivity contribution >= 4 is 12.1 Å². The van der Waals surface area contributed by atoms with Crippen LogP contribution in [0, 0.1) is 0 Å². The first-order valence-electron chi connectivity index (χ1n) is 5.98. The molecule has 0 bridgehead atoms. The first kappa shape index (κ1) is 14.7. The highest BCUT2D eigenvalue weighted by atomic mass is 19.1. The van der Waals surface area contributed by atoms with E-state index >= 15 is 0 Å². The zero-order valence-corrected chi connectivity index (χ0v) is 11.2. The molecule has 0 aliphatic heterocycles. The van der Waals surface area contributed by atoms with Gasteiger partial charge in [-0.25, -0.2) is 9.18 Å². The number of nitrogens with one attached hydrogen (secondary N) is 1. The lowest BCUT2D eigenvalue weighted by molar-refractivity contribution is -0.147. The lowest BCUT2D eigenvalue weighted by atomic mass is 10.2. The van der Waals surface area contributed by atoms with Crippen LogP contribution in [0.2, 0.25) is 0 Å². The van der Waals surface area contributed by atoms with Crippen LogP contribution in [0.3, 0.4) is 0 Å². The molecule has 6 heteroatoms. The number of rotatable bonds is 2. The Hall–Kier alpha value is -1.33. The van der Waals surface area contributed by atoms with Gasteiger partial charge in [-0.3, -0.25) is 4.79 Å². The number of hydrogen-bond acceptors (Lipinski definition) is 4. The van der Waals surface area contributed by atoms with E-state index in [-0.39, 0.29) is 12.8 Å². The molecule has 1 saturated carbocycles. The van der Waals surface area contributed by atoms with E-state index in [1.807, 2.05) is 0 Å². The second-order valence-corrected chi connectivity index (χ2v) is 5.47. The number of alkyl halides is 1. The molecule has 0 spiro atoms. The zero-order valence-electron chi connectivity index (χ0n) is 11.2. The summed E-state index contributed by atoms with van der Waals surface area (Å²) in [4.78, 5) is 22.4. The van der Waals surface area contributed by atoms with Crippen LogP contribution in [0.4, 0.5) is 9.18 Å². The van der Waals surface area contributed by atoms with Crippen molar-refractivity contribution in [3.05, 3.63) is 0 Å². The molecule has 0 heterocycles. The smallest absolute Gasteiger partial charge is 0.408 e. The Balaban J connectivity index is 2.53. The summed E-state index contributed by atoms with van der Waals surface area (Å²) in [5.74, 6) is -0.481. The van der Waals surface area contributed by atoms with Gasteiger partial charge in [0.2, 0.25) is 0 Å². The van der Waals surface area contributed by atoms with E-state index in [1.165, 1.54) is 6.92 Å². The molecule has 3 atom stereocenters. The van der Waals surface area contributed by atoms with Gasteiger partial charge in [-0.15, -0.1) is 0 Å². The Morgan fingerprint density at radius 1 is 1.28 bits per heavy atom. The number of carbonyl (C=O) groups excluding carboxylic acids is 2. The summed E-state index contributed by atoms with van der Waals surface area (Å²) in [5.41, 5.74) is -0.616. The van der Waals surface area contributed by atoms with Crippen molar-refractivity contribution in [2.24, 2.45) is 0 Å². The zero-order chi connectivity index (χ0) is 13.9. The lowest BCUT2D eigenvalue weighted by Crippen LogP contribution is -2.44. The minimum Gasteiger partial charge on any atom is -0.460 e. The molecule has 1 aliphatic rings. The van der Waals surface area contributed by atoms with E-state index < -0.39 is 36.0 Å². The summed E-state index contributed by atoms with van der Waals surface area (Å²) in [7, 11) is 0. The fourth-order valence-corrected chi connectivity index (χ4v) is 1.89. The molecule has 1 aliphatic carbocycles. The Morgan fingerprint density at radius 2 is 1.89 bits per heavy atom. The van der Waals surface area contributed by atoms with Gasteiger partial charge < -0.3 is 14.8 Å². The summed E-state index contributed by atoms with van der Waals surface area (Å²) in [6.07, 6.45) is -2.07. The molecule has 1 fully saturated rings. The highest BCUT2D eigenvalue weighted by molar-refractivity contribution is 5.69. The molecule has 1 N–H and O–H groups in total. The van der Waals surface area contributed by atoms with Gasteiger partial charge in [0.1, 0.15) is 17.9 Å². The molecule has 0 aromatic heterocycles. The molecule has 0 aromatic rings. The minimum atomic E-state index is -1.07. The highest BCUT2D eigenvalue weighted by Gasteiger charge is 2.38. The predicted molar refractivity (Wildman–Crippen MR) is 62.8 cm³/mol. The van der Waals surface area contributed by atoms with E-state index in [0.29, 0.717) is 0 Å². The molecule has 5 nitrogen and oxygen atoms in total. The normalized spacial score (nSPS) is 27.7. The fourth-order valence-electron chi connectivity index (χ4n) is 1.89. The average molecular weight is 261 g/mol. The number of alkyl carbamates (subject to hydrolysis) is 1. The van der Waals surface area contributed by atoms with E-state index in [9.17, 15) is 14.0 Å². The number of hydrogen-bond donors (Lipinski definition) is 1. The summed E-state index contributed by atoms with van der Waals surface area (Å²) >= 11 is 0. The van der Waals surface area contributed by atoms with Gasteiger partial charge in [-0.2, -0.15) is 0 Å². The van der Waals surface area contributed by atoms with Gasteiger partial charge in [-0.05, 0) is 20.8 Å². The van der Waals surface area contributed by atoms with Crippen molar-refractivity contribution in [1.82, 2.24) is 5.32 Å². The summed E-state index contributed by atoms with van der Waals surface area (Å²) in [6, 6.07) is -0.529. The SMILES string of the molecule is CC(=O)O[C@H]1C[C@@H](F)CC1NC(=O)OC(C)(C)C. The second kappa shape index (κ2) is 5.54. The fraction of sp³-hybridized carbons (Fsp3) is 0.833. The largest absolute Gasteiger partial charge is 0.460 e. The molecular weight excluding hydrogens is 241 g/mol. The van der Waals surface area contributed by atoms with Gasteiger partial charge in [0.25, 0.3) is 0 Å². The van der Waals surface area contributed by atoms with Gasteiger partial charge in [0, 0.05) is 19.8 Å². The van der Waals surface area contributed by atoms with Crippen LogP contribution in [0.25, 0.3) is 0 Å². The standard InChI is InChI=1S/C12H20FNO4/c1-7(15)17-10-6-8(13)5-9(10)14-11(16)18-12(2,3)4/h8-10H,5-6H2,1-4H3,(H,14,16)/t8-,9?,10-/m0/s1. The number of amides is 1. The molecule has 0 radical (unpaired) electrons. The Kier molecular flexibility index (Phi) is 4.53. The van der Waals surface area contributed by atoms with E-state index in [4.69, 9.17) is 9.47 Å². The maximum Gasteiger partial charge on any atom is 0.408 e. The highest BCUT2D eigenvalue weighted by Crippen LogP contribution is 2.25. The van der Waals surface area contributed by atoms with Crippen molar-refractivity contribution in [2.75, 3.05) is 0 Å². The molecule has 104 valence electrons.